The van der Waals surface area contributed by atoms with E-state index in [1.807, 2.05) is 0 Å². The van der Waals surface area contributed by atoms with Gasteiger partial charge in [0.15, 0.2) is 0 Å². The molecule has 160 valence electrons. The monoisotopic (exact) mass is 416 g/mol. The van der Waals surface area contributed by atoms with Crippen molar-refractivity contribution in [2.45, 2.75) is 13.8 Å². The SMILES string of the molecule is COc1c/c(=c2/[nH]c3ccccc3/c2=C\N2CCOCC2)[nH]/c1=C\c1[nH]c(C)cc1C. The number of hydrogen-bond donors (Lipinski definition) is 3. The van der Waals surface area contributed by atoms with E-state index in [0.29, 0.717) is 0 Å². The Labute approximate surface area is 180 Å². The first-order valence-corrected chi connectivity index (χ1v) is 10.7. The molecule has 5 rings (SSSR count). The fourth-order valence-corrected chi connectivity index (χ4v) is 4.31. The third kappa shape index (κ3) is 3.75. The second-order valence-electron chi connectivity index (χ2n) is 8.10. The maximum atomic E-state index is 5.70. The molecule has 0 bridgehead atoms. The number of aromatic nitrogens is 3. The molecule has 31 heavy (non-hydrogen) atoms. The van der Waals surface area contributed by atoms with Gasteiger partial charge in [-0.05, 0) is 37.6 Å². The molecule has 1 aromatic carbocycles. The molecule has 0 amide bonds. The molecule has 0 radical (unpaired) electrons. The fourth-order valence-electron chi connectivity index (χ4n) is 4.31. The normalized spacial score (nSPS) is 17.1. The number of hydrogen-bond acceptors (Lipinski definition) is 3. The molecular weight excluding hydrogens is 388 g/mol. The summed E-state index contributed by atoms with van der Waals surface area (Å²) in [4.78, 5) is 12.9. The van der Waals surface area contributed by atoms with Crippen molar-refractivity contribution in [1.82, 2.24) is 19.9 Å². The molecule has 6 nitrogen and oxygen atoms in total. The molecule has 0 atom stereocenters. The molecule has 4 heterocycles. The fraction of sp³-hybridized carbons (Fsp3) is 0.280. The van der Waals surface area contributed by atoms with Crippen molar-refractivity contribution in [3.63, 3.8) is 0 Å². The van der Waals surface area contributed by atoms with Crippen LogP contribution in [-0.4, -0.2) is 53.3 Å². The number of aryl methyl sites for hydroxylation is 2. The summed E-state index contributed by atoms with van der Waals surface area (Å²) in [7, 11) is 1.71. The van der Waals surface area contributed by atoms with Gasteiger partial charge in [0.2, 0.25) is 0 Å². The number of fused-ring (bicyclic) bond motifs is 1. The molecule has 1 fully saturated rings. The summed E-state index contributed by atoms with van der Waals surface area (Å²) in [6, 6.07) is 12.6. The number of benzene rings is 1. The average molecular weight is 417 g/mol. The molecule has 0 saturated carbocycles. The van der Waals surface area contributed by atoms with Crippen LogP contribution in [0.25, 0.3) is 23.2 Å². The van der Waals surface area contributed by atoms with Crippen LogP contribution in [0.15, 0.2) is 36.4 Å². The lowest BCUT2D eigenvalue weighted by molar-refractivity contribution is 0.0663. The van der Waals surface area contributed by atoms with Gasteiger partial charge in [-0.3, -0.25) is 0 Å². The number of para-hydroxylation sites is 1. The van der Waals surface area contributed by atoms with Crippen molar-refractivity contribution in [3.05, 3.63) is 74.6 Å². The molecule has 0 spiro atoms. The number of ether oxygens (including phenoxy) is 2. The van der Waals surface area contributed by atoms with Crippen molar-refractivity contribution in [3.8, 4) is 5.75 Å². The van der Waals surface area contributed by atoms with Gasteiger partial charge in [-0.25, -0.2) is 0 Å². The Balaban J connectivity index is 1.80. The van der Waals surface area contributed by atoms with Crippen LogP contribution in [0.5, 0.6) is 5.75 Å². The predicted octanol–water partition coefficient (Wildman–Crippen LogP) is 2.64. The summed E-state index contributed by atoms with van der Waals surface area (Å²) < 4.78 is 11.2. The first-order valence-electron chi connectivity index (χ1n) is 10.7. The van der Waals surface area contributed by atoms with Gasteiger partial charge in [0, 0.05) is 52.9 Å². The lowest BCUT2D eigenvalue weighted by Crippen LogP contribution is -2.33. The molecule has 1 aliphatic heterocycles. The molecule has 0 aliphatic carbocycles. The van der Waals surface area contributed by atoms with E-state index in [4.69, 9.17) is 9.47 Å². The van der Waals surface area contributed by atoms with E-state index in [2.05, 4.69) is 82.4 Å². The highest BCUT2D eigenvalue weighted by atomic mass is 16.5. The molecule has 1 saturated heterocycles. The van der Waals surface area contributed by atoms with Gasteiger partial charge in [0.1, 0.15) is 5.75 Å². The Bertz CT molecular complexity index is 1430. The first-order chi connectivity index (χ1) is 15.1. The highest BCUT2D eigenvalue weighted by Crippen LogP contribution is 2.12. The van der Waals surface area contributed by atoms with Gasteiger partial charge >= 0.3 is 0 Å². The molecular formula is C25H28N4O2. The van der Waals surface area contributed by atoms with E-state index in [1.165, 1.54) is 16.2 Å². The number of morpholine rings is 1. The number of rotatable bonds is 3. The molecule has 6 heteroatoms. The maximum Gasteiger partial charge on any atom is 0.144 e. The van der Waals surface area contributed by atoms with Crippen LogP contribution in [0, 0.1) is 24.5 Å². The zero-order valence-electron chi connectivity index (χ0n) is 18.2. The van der Waals surface area contributed by atoms with Crippen LogP contribution in [0.3, 0.4) is 0 Å². The average Bonchev–Trinajstić information content (AvgIpc) is 3.44. The molecule has 4 aromatic rings. The molecule has 1 aliphatic rings. The van der Waals surface area contributed by atoms with Crippen LogP contribution >= 0.6 is 0 Å². The van der Waals surface area contributed by atoms with Crippen molar-refractivity contribution >= 4 is 23.2 Å². The Morgan fingerprint density at radius 1 is 1.03 bits per heavy atom. The smallest absolute Gasteiger partial charge is 0.144 e. The van der Waals surface area contributed by atoms with Crippen molar-refractivity contribution in [2.75, 3.05) is 33.4 Å². The third-order valence-corrected chi connectivity index (χ3v) is 5.88. The second-order valence-corrected chi connectivity index (χ2v) is 8.10. The van der Waals surface area contributed by atoms with Crippen LogP contribution < -0.4 is 15.3 Å². The van der Waals surface area contributed by atoms with E-state index in [9.17, 15) is 0 Å². The van der Waals surface area contributed by atoms with Crippen molar-refractivity contribution < 1.29 is 9.47 Å². The molecule has 3 N–H and O–H groups in total. The summed E-state index contributed by atoms with van der Waals surface area (Å²) in [5.41, 5.74) is 4.56. The zero-order valence-corrected chi connectivity index (χ0v) is 18.2. The van der Waals surface area contributed by atoms with Gasteiger partial charge in [-0.15, -0.1) is 0 Å². The lowest BCUT2D eigenvalue weighted by atomic mass is 10.2. The minimum absolute atomic E-state index is 0.762. The van der Waals surface area contributed by atoms with E-state index in [1.54, 1.807) is 7.11 Å². The summed E-state index contributed by atoms with van der Waals surface area (Å²) in [5, 5.41) is 5.39. The molecule has 3 aromatic heterocycles. The van der Waals surface area contributed by atoms with Crippen molar-refractivity contribution in [1.29, 1.82) is 0 Å². The highest BCUT2D eigenvalue weighted by Gasteiger charge is 2.09. The first kappa shape index (κ1) is 19.6. The predicted molar refractivity (Wildman–Crippen MR) is 123 cm³/mol. The van der Waals surface area contributed by atoms with Crippen LogP contribution in [0.1, 0.15) is 17.0 Å². The quantitative estimate of drug-likeness (QED) is 0.481. The topological polar surface area (TPSA) is 69.1 Å². The van der Waals surface area contributed by atoms with E-state index < -0.39 is 0 Å². The van der Waals surface area contributed by atoms with Gasteiger partial charge in [-0.2, -0.15) is 0 Å². The van der Waals surface area contributed by atoms with Crippen LogP contribution in [0.4, 0.5) is 0 Å². The minimum atomic E-state index is 0.762. The highest BCUT2D eigenvalue weighted by molar-refractivity contribution is 5.80. The molecule has 0 unspecified atom stereocenters. The number of nitrogens with zero attached hydrogens (tertiary/aromatic N) is 1. The van der Waals surface area contributed by atoms with Gasteiger partial charge in [0.25, 0.3) is 0 Å². The summed E-state index contributed by atoms with van der Waals surface area (Å²) in [6.45, 7) is 7.50. The Morgan fingerprint density at radius 3 is 2.58 bits per heavy atom. The summed E-state index contributed by atoms with van der Waals surface area (Å²) >= 11 is 0. The van der Waals surface area contributed by atoms with Gasteiger partial charge < -0.3 is 29.3 Å². The van der Waals surface area contributed by atoms with Crippen LogP contribution in [0.2, 0.25) is 0 Å². The zero-order chi connectivity index (χ0) is 21.4. The summed E-state index contributed by atoms with van der Waals surface area (Å²) in [5.74, 6) is 0.817. The van der Waals surface area contributed by atoms with E-state index in [-0.39, 0.29) is 0 Å². The standard InChI is InChI=1S/C25H28N4O2/c1-16-12-17(2)26-21(16)13-22-24(30-3)14-23(27-22)25-19(15-29-8-10-31-11-9-29)18-6-4-5-7-20(18)28-25/h4-7,12-15,26-28H,8-11H2,1-3H3/b19-15+,22-13-,25-23-. The number of aromatic amines is 3. The van der Waals surface area contributed by atoms with E-state index >= 15 is 0 Å². The Hall–Kier alpha value is -3.38. The summed E-state index contributed by atoms with van der Waals surface area (Å²) in [6.07, 6.45) is 4.37. The van der Waals surface area contributed by atoms with Gasteiger partial charge in [-0.1, -0.05) is 18.2 Å². The van der Waals surface area contributed by atoms with E-state index in [0.717, 1.165) is 65.0 Å². The number of nitrogens with one attached hydrogen (secondary N) is 3. The lowest BCUT2D eigenvalue weighted by Gasteiger charge is -2.24. The minimum Gasteiger partial charge on any atom is -0.494 e. The maximum absolute atomic E-state index is 5.70. The van der Waals surface area contributed by atoms with Crippen LogP contribution in [-0.2, 0) is 4.74 Å². The second kappa shape index (κ2) is 8.04. The number of H-pyrrole nitrogens is 3. The number of methoxy groups -OCH3 is 1. The van der Waals surface area contributed by atoms with Crippen molar-refractivity contribution in [2.24, 2.45) is 0 Å². The third-order valence-electron chi connectivity index (χ3n) is 5.88. The Kier molecular flexibility index (Phi) is 5.08. The van der Waals surface area contributed by atoms with Gasteiger partial charge in [0.05, 0.1) is 36.4 Å². The largest absolute Gasteiger partial charge is 0.494 e. The Morgan fingerprint density at radius 2 is 1.84 bits per heavy atom.